The van der Waals surface area contributed by atoms with Crippen molar-refractivity contribution >= 4 is 23.4 Å². The van der Waals surface area contributed by atoms with Crippen molar-refractivity contribution in [3.8, 4) is 5.69 Å². The number of para-hydroxylation sites is 2. The highest BCUT2D eigenvalue weighted by molar-refractivity contribution is 7.09. The van der Waals surface area contributed by atoms with Gasteiger partial charge in [-0.3, -0.25) is 4.79 Å². The minimum atomic E-state index is 0.354. The molecule has 0 spiro atoms. The summed E-state index contributed by atoms with van der Waals surface area (Å²) in [5.41, 5.74) is 2.07. The van der Waals surface area contributed by atoms with Crippen molar-refractivity contribution in [3.63, 3.8) is 0 Å². The summed E-state index contributed by atoms with van der Waals surface area (Å²) in [4.78, 5) is 13.0. The second-order valence-electron chi connectivity index (χ2n) is 4.26. The molecule has 2 heterocycles. The van der Waals surface area contributed by atoms with E-state index in [4.69, 9.17) is 0 Å². The van der Waals surface area contributed by atoms with Crippen molar-refractivity contribution in [2.24, 2.45) is 0 Å². The number of rotatable bonds is 1. The van der Waals surface area contributed by atoms with Gasteiger partial charge in [0.1, 0.15) is 5.69 Å². The van der Waals surface area contributed by atoms with Crippen LogP contribution in [0.5, 0.6) is 0 Å². The number of nitrogens with zero attached hydrogens (tertiary/aromatic N) is 2. The number of thiazole rings is 1. The normalized spacial score (nSPS) is 18.2. The molecule has 0 N–H and O–H groups in total. The third-order valence-electron chi connectivity index (χ3n) is 3.11. The van der Waals surface area contributed by atoms with Crippen LogP contribution in [-0.2, 0) is 4.79 Å². The average Bonchev–Trinajstić information content (AvgIpc) is 2.81. The van der Waals surface area contributed by atoms with Crippen molar-refractivity contribution in [1.29, 1.82) is 0 Å². The molecule has 0 aliphatic carbocycles. The Hall–Kier alpha value is -1.68. The van der Waals surface area contributed by atoms with Gasteiger partial charge in [0.25, 0.3) is 0 Å². The first-order chi connectivity index (χ1) is 8.31. The predicted octanol–water partition coefficient (Wildman–Crippen LogP) is 2.10. The van der Waals surface area contributed by atoms with E-state index in [1.807, 2.05) is 18.2 Å². The van der Waals surface area contributed by atoms with E-state index in [0.29, 0.717) is 5.92 Å². The highest BCUT2D eigenvalue weighted by Crippen LogP contribution is 2.29. The number of carbonyl (C=O) groups is 1. The topological polar surface area (TPSA) is 24.2 Å². The molecule has 0 unspecified atom stereocenters. The van der Waals surface area contributed by atoms with Crippen LogP contribution in [0.25, 0.3) is 5.69 Å². The molecule has 2 aromatic rings. The van der Waals surface area contributed by atoms with Crippen molar-refractivity contribution < 1.29 is 9.36 Å². The molecule has 1 amide bonds. The molecule has 0 saturated heterocycles. The zero-order valence-corrected chi connectivity index (χ0v) is 10.4. The largest absolute Gasteiger partial charge is 0.308 e. The van der Waals surface area contributed by atoms with Gasteiger partial charge in [0.2, 0.25) is 17.1 Å². The lowest BCUT2D eigenvalue weighted by molar-refractivity contribution is -0.598. The standard InChI is InChI=1S/C13H13N2OS/c1-10-8-14(9-16)11-4-2-3-5-12(11)15-6-7-17-13(10)15/h2-7,9-10H,8H2,1H3/q+1/t10-/m1/s1. The lowest BCUT2D eigenvalue weighted by atomic mass is 10.2. The quantitative estimate of drug-likeness (QED) is 0.557. The Morgan fingerprint density at radius 3 is 3.12 bits per heavy atom. The van der Waals surface area contributed by atoms with Crippen LogP contribution in [-0.4, -0.2) is 13.0 Å². The summed E-state index contributed by atoms with van der Waals surface area (Å²) >= 11 is 1.74. The van der Waals surface area contributed by atoms with Gasteiger partial charge in [-0.1, -0.05) is 23.5 Å². The Bertz CT molecular complexity index is 564. The molecule has 3 rings (SSSR count). The van der Waals surface area contributed by atoms with E-state index in [2.05, 4.69) is 29.1 Å². The number of carbonyl (C=O) groups excluding carboxylic acids is 1. The fourth-order valence-corrected chi connectivity index (χ4v) is 3.23. The minimum Gasteiger partial charge on any atom is -0.308 e. The summed E-state index contributed by atoms with van der Waals surface area (Å²) < 4.78 is 2.19. The Morgan fingerprint density at radius 1 is 1.47 bits per heavy atom. The molecule has 86 valence electrons. The summed E-state index contributed by atoms with van der Waals surface area (Å²) in [6.45, 7) is 2.89. The third kappa shape index (κ3) is 1.56. The van der Waals surface area contributed by atoms with E-state index in [9.17, 15) is 4.79 Å². The molecule has 1 aliphatic rings. The number of amides is 1. The van der Waals surface area contributed by atoms with Crippen LogP contribution in [0.3, 0.4) is 0 Å². The maximum atomic E-state index is 11.2. The van der Waals surface area contributed by atoms with E-state index in [1.165, 1.54) is 5.01 Å². The van der Waals surface area contributed by atoms with E-state index in [-0.39, 0.29) is 0 Å². The Kier molecular flexibility index (Phi) is 2.44. The van der Waals surface area contributed by atoms with Crippen LogP contribution < -0.4 is 9.47 Å². The Labute approximate surface area is 104 Å². The summed E-state index contributed by atoms with van der Waals surface area (Å²) in [7, 11) is 0. The summed E-state index contributed by atoms with van der Waals surface area (Å²) in [6, 6.07) is 8.03. The molecular formula is C13H13N2OS+. The third-order valence-corrected chi connectivity index (χ3v) is 4.20. The second kappa shape index (κ2) is 3.96. The number of fused-ring (bicyclic) bond motifs is 3. The predicted molar refractivity (Wildman–Crippen MR) is 67.7 cm³/mol. The maximum absolute atomic E-state index is 11.2. The molecule has 17 heavy (non-hydrogen) atoms. The van der Waals surface area contributed by atoms with Gasteiger partial charge in [-0.2, -0.15) is 4.57 Å². The zero-order chi connectivity index (χ0) is 11.8. The zero-order valence-electron chi connectivity index (χ0n) is 9.54. The van der Waals surface area contributed by atoms with Gasteiger partial charge in [0.15, 0.2) is 6.20 Å². The van der Waals surface area contributed by atoms with Gasteiger partial charge < -0.3 is 4.90 Å². The van der Waals surface area contributed by atoms with Gasteiger partial charge in [-0.15, -0.1) is 0 Å². The monoisotopic (exact) mass is 245 g/mol. The van der Waals surface area contributed by atoms with Crippen molar-refractivity contribution in [3.05, 3.63) is 40.8 Å². The highest BCUT2D eigenvalue weighted by Gasteiger charge is 2.31. The number of anilines is 1. The van der Waals surface area contributed by atoms with Gasteiger partial charge in [-0.25, -0.2) is 0 Å². The molecule has 0 fully saturated rings. The first kappa shape index (κ1) is 10.5. The van der Waals surface area contributed by atoms with E-state index in [0.717, 1.165) is 24.3 Å². The van der Waals surface area contributed by atoms with E-state index < -0.39 is 0 Å². The van der Waals surface area contributed by atoms with Crippen LogP contribution in [0.1, 0.15) is 17.8 Å². The highest BCUT2D eigenvalue weighted by atomic mass is 32.1. The second-order valence-corrected chi connectivity index (χ2v) is 5.18. The molecule has 3 nitrogen and oxygen atoms in total. The molecule has 4 heteroatoms. The number of hydrogen-bond acceptors (Lipinski definition) is 2. The summed E-state index contributed by atoms with van der Waals surface area (Å²) in [6.07, 6.45) is 3.00. The van der Waals surface area contributed by atoms with E-state index >= 15 is 0 Å². The van der Waals surface area contributed by atoms with Crippen LogP contribution in [0.2, 0.25) is 0 Å². The summed E-state index contributed by atoms with van der Waals surface area (Å²) in [5, 5.41) is 3.39. The van der Waals surface area contributed by atoms with Crippen molar-refractivity contribution in [1.82, 2.24) is 0 Å². The first-order valence-electron chi connectivity index (χ1n) is 5.61. The molecule has 0 bridgehead atoms. The molecule has 1 atom stereocenters. The molecule has 1 aromatic carbocycles. The molecular weight excluding hydrogens is 232 g/mol. The maximum Gasteiger partial charge on any atom is 0.247 e. The van der Waals surface area contributed by atoms with Crippen LogP contribution in [0.4, 0.5) is 5.69 Å². The minimum absolute atomic E-state index is 0.354. The van der Waals surface area contributed by atoms with E-state index in [1.54, 1.807) is 16.2 Å². The smallest absolute Gasteiger partial charge is 0.247 e. The van der Waals surface area contributed by atoms with Crippen molar-refractivity contribution in [2.45, 2.75) is 12.8 Å². The molecule has 1 aliphatic heterocycles. The molecule has 0 radical (unpaired) electrons. The fraction of sp³-hybridized carbons (Fsp3) is 0.231. The number of aromatic nitrogens is 1. The Balaban J connectivity index is 2.27. The first-order valence-corrected chi connectivity index (χ1v) is 6.49. The fourth-order valence-electron chi connectivity index (χ4n) is 2.33. The number of hydrogen-bond donors (Lipinski definition) is 0. The van der Waals surface area contributed by atoms with Gasteiger partial charge >= 0.3 is 0 Å². The molecule has 0 saturated carbocycles. The number of benzene rings is 1. The van der Waals surface area contributed by atoms with Gasteiger partial charge in [-0.05, 0) is 13.0 Å². The average molecular weight is 245 g/mol. The van der Waals surface area contributed by atoms with Crippen LogP contribution in [0.15, 0.2) is 35.8 Å². The SMILES string of the molecule is C[C@@H]1CN(C=O)c2ccccc2-[n+]2ccsc21. The summed E-state index contributed by atoms with van der Waals surface area (Å²) in [5.74, 6) is 0.354. The van der Waals surface area contributed by atoms with Crippen LogP contribution in [0, 0.1) is 0 Å². The Morgan fingerprint density at radius 2 is 2.29 bits per heavy atom. The van der Waals surface area contributed by atoms with Crippen molar-refractivity contribution in [2.75, 3.05) is 11.4 Å². The van der Waals surface area contributed by atoms with Crippen LogP contribution >= 0.6 is 11.3 Å². The van der Waals surface area contributed by atoms with Gasteiger partial charge in [0.05, 0.1) is 11.3 Å². The lowest BCUT2D eigenvalue weighted by Crippen LogP contribution is -2.32. The molecule has 1 aromatic heterocycles. The lowest BCUT2D eigenvalue weighted by Gasteiger charge is -2.16. The van der Waals surface area contributed by atoms with Gasteiger partial charge in [0, 0.05) is 12.6 Å².